The molecule has 1 rings (SSSR count). The van der Waals surface area contributed by atoms with E-state index in [1.54, 1.807) is 0 Å². The normalized spacial score (nSPS) is 11.3. The standard InChI is InChI=1S/C31H56O8/c1-3-5-6-7-8-9-10-11-30-12-14-31(15-13-30)39-29-28-38-27-26-37-25-24-36-23-22-35-21-20-34-19-18-33-17-16-32-4-2/h12-15H,3-11,16-29H2,1-2H3. The third kappa shape index (κ3) is 25.5. The van der Waals surface area contributed by atoms with Crippen molar-refractivity contribution < 1.29 is 37.9 Å². The average Bonchev–Trinajstić information content (AvgIpc) is 2.96. The number of benzene rings is 1. The second-order valence-electron chi connectivity index (χ2n) is 9.23. The van der Waals surface area contributed by atoms with Crippen molar-refractivity contribution in [3.05, 3.63) is 29.8 Å². The van der Waals surface area contributed by atoms with Crippen molar-refractivity contribution in [2.45, 2.75) is 65.2 Å². The molecule has 0 aromatic heterocycles. The Kier molecular flexibility index (Phi) is 27.3. The molecule has 0 heterocycles. The number of rotatable bonds is 31. The summed E-state index contributed by atoms with van der Waals surface area (Å²) in [5.74, 6) is 0.894. The number of hydrogen-bond donors (Lipinski definition) is 0. The first-order chi connectivity index (χ1) is 19.4. The van der Waals surface area contributed by atoms with Crippen molar-refractivity contribution in [3.63, 3.8) is 0 Å². The van der Waals surface area contributed by atoms with E-state index in [-0.39, 0.29) is 0 Å². The van der Waals surface area contributed by atoms with Crippen LogP contribution >= 0.6 is 0 Å². The average molecular weight is 557 g/mol. The highest BCUT2D eigenvalue weighted by Gasteiger charge is 1.98. The maximum absolute atomic E-state index is 5.77. The zero-order valence-electron chi connectivity index (χ0n) is 24.8. The molecule has 1 aromatic carbocycles. The first-order valence-corrected chi connectivity index (χ1v) is 15.1. The smallest absolute Gasteiger partial charge is 0.119 e. The van der Waals surface area contributed by atoms with Crippen LogP contribution in [0.3, 0.4) is 0 Å². The van der Waals surface area contributed by atoms with E-state index in [0.717, 1.165) is 18.8 Å². The fraction of sp³-hybridized carbons (Fsp3) is 0.806. The van der Waals surface area contributed by atoms with E-state index >= 15 is 0 Å². The number of ether oxygens (including phenoxy) is 8. The van der Waals surface area contributed by atoms with Crippen LogP contribution in [0.5, 0.6) is 5.75 Å². The zero-order chi connectivity index (χ0) is 27.9. The van der Waals surface area contributed by atoms with Crippen molar-refractivity contribution >= 4 is 0 Å². The van der Waals surface area contributed by atoms with Gasteiger partial charge in [0.15, 0.2) is 0 Å². The molecule has 228 valence electrons. The van der Waals surface area contributed by atoms with Gasteiger partial charge in [-0.3, -0.25) is 0 Å². The minimum Gasteiger partial charge on any atom is -0.491 e. The van der Waals surface area contributed by atoms with E-state index < -0.39 is 0 Å². The summed E-state index contributed by atoms with van der Waals surface area (Å²) in [6, 6.07) is 8.46. The SMILES string of the molecule is CCCCCCCCCc1ccc(OCCOCCOCCOCCOCCOCCOCCOCC)cc1. The van der Waals surface area contributed by atoms with E-state index in [1.165, 1.54) is 50.5 Å². The first-order valence-electron chi connectivity index (χ1n) is 15.1. The monoisotopic (exact) mass is 556 g/mol. The molecule has 0 fully saturated rings. The summed E-state index contributed by atoms with van der Waals surface area (Å²) in [4.78, 5) is 0. The van der Waals surface area contributed by atoms with Gasteiger partial charge in [-0.2, -0.15) is 0 Å². The van der Waals surface area contributed by atoms with Crippen LogP contribution in [-0.4, -0.2) is 99.1 Å². The van der Waals surface area contributed by atoms with Crippen LogP contribution in [0, 0.1) is 0 Å². The van der Waals surface area contributed by atoms with Gasteiger partial charge in [0.25, 0.3) is 0 Å². The first kappa shape index (κ1) is 35.8. The molecular weight excluding hydrogens is 500 g/mol. The number of hydrogen-bond acceptors (Lipinski definition) is 8. The predicted molar refractivity (Wildman–Crippen MR) is 155 cm³/mol. The molecule has 0 atom stereocenters. The van der Waals surface area contributed by atoms with Gasteiger partial charge in [0.2, 0.25) is 0 Å². The minimum absolute atomic E-state index is 0.535. The van der Waals surface area contributed by atoms with Gasteiger partial charge in [0.1, 0.15) is 12.4 Å². The van der Waals surface area contributed by atoms with Crippen LogP contribution in [0.15, 0.2) is 24.3 Å². The van der Waals surface area contributed by atoms with E-state index in [0.29, 0.717) is 92.5 Å². The van der Waals surface area contributed by atoms with Crippen molar-refractivity contribution in [1.29, 1.82) is 0 Å². The van der Waals surface area contributed by atoms with Crippen LogP contribution in [0.1, 0.15) is 64.4 Å². The van der Waals surface area contributed by atoms with Crippen LogP contribution in [0.4, 0.5) is 0 Å². The summed E-state index contributed by atoms with van der Waals surface area (Å²) in [6.07, 6.45) is 10.6. The number of aryl methyl sites for hydroxylation is 1. The molecule has 1 aromatic rings. The quantitative estimate of drug-likeness (QED) is 0.111. The summed E-state index contributed by atoms with van der Waals surface area (Å²) in [5.41, 5.74) is 1.39. The zero-order valence-corrected chi connectivity index (χ0v) is 24.8. The van der Waals surface area contributed by atoms with Gasteiger partial charge in [-0.05, 0) is 37.5 Å². The van der Waals surface area contributed by atoms with E-state index in [9.17, 15) is 0 Å². The molecule has 0 radical (unpaired) electrons. The summed E-state index contributed by atoms with van der Waals surface area (Å²) in [7, 11) is 0. The van der Waals surface area contributed by atoms with Gasteiger partial charge >= 0.3 is 0 Å². The second-order valence-corrected chi connectivity index (χ2v) is 9.23. The highest BCUT2D eigenvalue weighted by molar-refractivity contribution is 5.27. The van der Waals surface area contributed by atoms with E-state index in [1.807, 2.05) is 6.92 Å². The highest BCUT2D eigenvalue weighted by Crippen LogP contribution is 2.15. The third-order valence-corrected chi connectivity index (χ3v) is 5.92. The van der Waals surface area contributed by atoms with Crippen molar-refractivity contribution in [2.24, 2.45) is 0 Å². The molecular formula is C31H56O8. The Morgan fingerprint density at radius 2 is 0.795 bits per heavy atom. The molecule has 0 N–H and O–H groups in total. The number of unbranched alkanes of at least 4 members (excludes halogenated alkanes) is 6. The largest absolute Gasteiger partial charge is 0.491 e. The molecule has 0 amide bonds. The predicted octanol–water partition coefficient (Wildman–Crippen LogP) is 5.49. The molecule has 0 aliphatic rings. The summed E-state index contributed by atoms with van der Waals surface area (Å²) in [5, 5.41) is 0. The second kappa shape index (κ2) is 29.7. The molecule has 0 saturated carbocycles. The van der Waals surface area contributed by atoms with Crippen LogP contribution in [-0.2, 0) is 39.6 Å². The van der Waals surface area contributed by atoms with E-state index in [2.05, 4.69) is 31.2 Å². The molecule has 8 nitrogen and oxygen atoms in total. The van der Waals surface area contributed by atoms with E-state index in [4.69, 9.17) is 37.9 Å². The maximum Gasteiger partial charge on any atom is 0.119 e. The summed E-state index contributed by atoms with van der Waals surface area (Å²) in [6.45, 7) is 12.7. The Bertz CT molecular complexity index is 599. The van der Waals surface area contributed by atoms with Gasteiger partial charge in [-0.15, -0.1) is 0 Å². The molecule has 0 saturated heterocycles. The summed E-state index contributed by atoms with van der Waals surface area (Å²) >= 11 is 0. The molecule has 8 heteroatoms. The van der Waals surface area contributed by atoms with Crippen molar-refractivity contribution in [3.8, 4) is 5.75 Å². The van der Waals surface area contributed by atoms with Gasteiger partial charge in [0, 0.05) is 6.61 Å². The summed E-state index contributed by atoms with van der Waals surface area (Å²) < 4.78 is 43.8. The molecule has 0 unspecified atom stereocenters. The fourth-order valence-electron chi connectivity index (χ4n) is 3.72. The Morgan fingerprint density at radius 1 is 0.410 bits per heavy atom. The van der Waals surface area contributed by atoms with Crippen LogP contribution in [0.25, 0.3) is 0 Å². The van der Waals surface area contributed by atoms with Crippen LogP contribution < -0.4 is 4.74 Å². The Labute approximate surface area is 237 Å². The Balaban J connectivity index is 1.77. The van der Waals surface area contributed by atoms with Gasteiger partial charge in [-0.25, -0.2) is 0 Å². The molecule has 0 spiro atoms. The molecule has 0 aliphatic heterocycles. The Morgan fingerprint density at radius 3 is 1.23 bits per heavy atom. The van der Waals surface area contributed by atoms with Gasteiger partial charge in [-0.1, -0.05) is 57.6 Å². The Hall–Kier alpha value is -1.26. The minimum atomic E-state index is 0.535. The maximum atomic E-state index is 5.77. The lowest BCUT2D eigenvalue weighted by molar-refractivity contribution is -0.0208. The lowest BCUT2D eigenvalue weighted by Gasteiger charge is -2.09. The van der Waals surface area contributed by atoms with Crippen molar-refractivity contribution in [1.82, 2.24) is 0 Å². The molecule has 0 aliphatic carbocycles. The lowest BCUT2D eigenvalue weighted by Crippen LogP contribution is -2.15. The molecule has 39 heavy (non-hydrogen) atoms. The highest BCUT2D eigenvalue weighted by atomic mass is 16.6. The topological polar surface area (TPSA) is 73.8 Å². The van der Waals surface area contributed by atoms with Crippen molar-refractivity contribution in [2.75, 3.05) is 99.1 Å². The van der Waals surface area contributed by atoms with Crippen LogP contribution in [0.2, 0.25) is 0 Å². The van der Waals surface area contributed by atoms with Gasteiger partial charge in [0.05, 0.1) is 85.9 Å². The van der Waals surface area contributed by atoms with Gasteiger partial charge < -0.3 is 37.9 Å². The fourth-order valence-corrected chi connectivity index (χ4v) is 3.72. The lowest BCUT2D eigenvalue weighted by atomic mass is 10.0. The molecule has 0 bridgehead atoms. The third-order valence-electron chi connectivity index (χ3n) is 5.92.